The van der Waals surface area contributed by atoms with Crippen LogP contribution in [0, 0.1) is 18.6 Å². The van der Waals surface area contributed by atoms with Gasteiger partial charge in [0, 0.05) is 31.3 Å². The quantitative estimate of drug-likeness (QED) is 0.201. The molecule has 0 bridgehead atoms. The minimum Gasteiger partial charge on any atom is -0.390 e. The molecule has 0 aromatic heterocycles. The summed E-state index contributed by atoms with van der Waals surface area (Å²) in [6.07, 6.45) is 2.20. The molecule has 0 fully saturated rings. The molecule has 5 nitrogen and oxygen atoms in total. The van der Waals surface area contributed by atoms with E-state index in [-0.39, 0.29) is 18.9 Å². The lowest BCUT2D eigenvalue weighted by molar-refractivity contribution is 0.0829. The van der Waals surface area contributed by atoms with Crippen molar-refractivity contribution in [3.05, 3.63) is 106 Å². The highest BCUT2D eigenvalue weighted by Crippen LogP contribution is 2.15. The molecule has 0 aliphatic heterocycles. The molecule has 0 saturated heterocycles. The average Bonchev–Trinajstić information content (AvgIpc) is 2.90. The maximum Gasteiger partial charge on any atom is 0.251 e. The molecule has 0 saturated carbocycles. The Labute approximate surface area is 231 Å². The van der Waals surface area contributed by atoms with Crippen LogP contribution in [0.2, 0.25) is 0 Å². The molecule has 0 aliphatic rings. The van der Waals surface area contributed by atoms with Gasteiger partial charge >= 0.3 is 0 Å². The number of carbonyl (C=O) groups is 1. The van der Waals surface area contributed by atoms with E-state index in [2.05, 4.69) is 41.9 Å². The molecule has 1 amide bonds. The highest BCUT2D eigenvalue weighted by Gasteiger charge is 2.23. The smallest absolute Gasteiger partial charge is 0.251 e. The Hall–Kier alpha value is -3.13. The third kappa shape index (κ3) is 10.2. The van der Waals surface area contributed by atoms with Crippen LogP contribution >= 0.6 is 0 Å². The van der Waals surface area contributed by atoms with Crippen molar-refractivity contribution in [3.63, 3.8) is 0 Å². The molecule has 210 valence electrons. The molecule has 7 heteroatoms. The Kier molecular flexibility index (Phi) is 12.1. The Morgan fingerprint density at radius 3 is 2.31 bits per heavy atom. The van der Waals surface area contributed by atoms with Crippen molar-refractivity contribution in [2.24, 2.45) is 0 Å². The van der Waals surface area contributed by atoms with E-state index in [0.29, 0.717) is 24.2 Å². The number of carbonyl (C=O) groups excluding carboxylic acids is 1. The third-order valence-electron chi connectivity index (χ3n) is 6.68. The van der Waals surface area contributed by atoms with Gasteiger partial charge in [-0.25, -0.2) is 8.78 Å². The summed E-state index contributed by atoms with van der Waals surface area (Å²) in [5.41, 5.74) is 5.11. The molecular weight excluding hydrogens is 496 g/mol. The number of aryl methyl sites for hydroxylation is 2. The van der Waals surface area contributed by atoms with Crippen LogP contribution in [-0.2, 0) is 25.9 Å². The van der Waals surface area contributed by atoms with Gasteiger partial charge in [0.1, 0.15) is 11.6 Å². The minimum absolute atomic E-state index is 0.0752. The van der Waals surface area contributed by atoms with Crippen molar-refractivity contribution in [2.45, 2.75) is 71.7 Å². The molecule has 0 heterocycles. The number of hydrogen-bond donors (Lipinski definition) is 4. The first-order chi connectivity index (χ1) is 18.8. The predicted octanol–water partition coefficient (Wildman–Crippen LogP) is 5.22. The second-order valence-corrected chi connectivity index (χ2v) is 10.2. The van der Waals surface area contributed by atoms with Crippen LogP contribution in [0.15, 0.2) is 60.7 Å². The Morgan fingerprint density at radius 2 is 1.59 bits per heavy atom. The lowest BCUT2D eigenvalue weighted by Crippen LogP contribution is -2.48. The summed E-state index contributed by atoms with van der Waals surface area (Å²) in [4.78, 5) is 13.3. The molecule has 0 radical (unpaired) electrons. The number of amides is 1. The molecule has 0 spiro atoms. The highest BCUT2D eigenvalue weighted by molar-refractivity contribution is 5.94. The second-order valence-electron chi connectivity index (χ2n) is 10.2. The van der Waals surface area contributed by atoms with E-state index >= 15 is 0 Å². The van der Waals surface area contributed by atoms with Crippen LogP contribution in [0.5, 0.6) is 0 Å². The van der Waals surface area contributed by atoms with Gasteiger partial charge in [-0.2, -0.15) is 0 Å². The molecule has 0 aliphatic carbocycles. The summed E-state index contributed by atoms with van der Waals surface area (Å²) in [6.45, 7) is 8.47. The van der Waals surface area contributed by atoms with E-state index in [0.717, 1.165) is 48.6 Å². The van der Waals surface area contributed by atoms with Crippen LogP contribution in [0.25, 0.3) is 0 Å². The zero-order valence-electron chi connectivity index (χ0n) is 23.2. The van der Waals surface area contributed by atoms with E-state index in [1.54, 1.807) is 6.07 Å². The summed E-state index contributed by atoms with van der Waals surface area (Å²) in [5.74, 6) is -1.74. The first-order valence-corrected chi connectivity index (χ1v) is 13.8. The van der Waals surface area contributed by atoms with Crippen molar-refractivity contribution < 1.29 is 18.7 Å². The van der Waals surface area contributed by atoms with Gasteiger partial charge < -0.3 is 21.1 Å². The van der Waals surface area contributed by atoms with Gasteiger partial charge in [-0.05, 0) is 79.3 Å². The fourth-order valence-corrected chi connectivity index (χ4v) is 4.61. The van der Waals surface area contributed by atoms with Crippen LogP contribution in [0.1, 0.15) is 64.9 Å². The molecule has 4 N–H and O–H groups in total. The molecule has 3 aromatic rings. The normalized spacial score (nSPS) is 12.8. The summed E-state index contributed by atoms with van der Waals surface area (Å²) in [7, 11) is 0. The molecule has 2 atom stereocenters. The highest BCUT2D eigenvalue weighted by atomic mass is 19.1. The average molecular weight is 538 g/mol. The maximum absolute atomic E-state index is 13.9. The van der Waals surface area contributed by atoms with Gasteiger partial charge in [0.2, 0.25) is 0 Å². The van der Waals surface area contributed by atoms with Crippen molar-refractivity contribution in [1.29, 1.82) is 0 Å². The van der Waals surface area contributed by atoms with E-state index in [1.807, 2.05) is 31.2 Å². The van der Waals surface area contributed by atoms with Gasteiger partial charge in [0.05, 0.1) is 12.1 Å². The summed E-state index contributed by atoms with van der Waals surface area (Å²) in [5, 5.41) is 20.6. The number of unbranched alkanes of at least 4 members (excludes halogenated alkanes) is 1. The fourth-order valence-electron chi connectivity index (χ4n) is 4.61. The SMILES string of the molecule is CCCCNCc1cc(C)cc(C(=O)N[C@@H](Cc2cc(F)cc(F)c2)[C@@H](O)CNCc2cccc(CC)c2)c1. The van der Waals surface area contributed by atoms with Crippen LogP contribution in [0.4, 0.5) is 8.78 Å². The lowest BCUT2D eigenvalue weighted by Gasteiger charge is -2.25. The Bertz CT molecular complexity index is 1200. The molecule has 39 heavy (non-hydrogen) atoms. The molecule has 3 aromatic carbocycles. The second kappa shape index (κ2) is 15.5. The Morgan fingerprint density at radius 1 is 0.872 bits per heavy atom. The number of halogens is 2. The van der Waals surface area contributed by atoms with E-state index in [9.17, 15) is 18.7 Å². The van der Waals surface area contributed by atoms with Crippen LogP contribution < -0.4 is 16.0 Å². The number of rotatable bonds is 15. The summed E-state index contributed by atoms with van der Waals surface area (Å²) < 4.78 is 27.8. The van der Waals surface area contributed by atoms with E-state index in [4.69, 9.17) is 0 Å². The lowest BCUT2D eigenvalue weighted by atomic mass is 9.99. The molecule has 0 unspecified atom stereocenters. The number of hydrogen-bond acceptors (Lipinski definition) is 4. The monoisotopic (exact) mass is 537 g/mol. The van der Waals surface area contributed by atoms with Gasteiger partial charge in [-0.3, -0.25) is 4.79 Å². The summed E-state index contributed by atoms with van der Waals surface area (Å²) in [6, 6.07) is 16.4. The van der Waals surface area contributed by atoms with Gasteiger partial charge in [0.15, 0.2) is 0 Å². The number of aliphatic hydroxyl groups excluding tert-OH is 1. The van der Waals surface area contributed by atoms with Gasteiger partial charge in [0.25, 0.3) is 5.91 Å². The first kappa shape index (κ1) is 30.4. The van der Waals surface area contributed by atoms with Gasteiger partial charge in [-0.1, -0.05) is 56.2 Å². The number of aliphatic hydroxyl groups is 1. The standard InChI is InChI=1S/C32H41F2N3O2/c1-4-6-10-35-20-26-11-22(3)12-27(14-26)32(39)37-30(17-25-15-28(33)18-29(34)16-25)31(38)21-36-19-24-9-7-8-23(5-2)13-24/h7-9,11-16,18,30-31,35-36,38H,4-6,10,17,19-21H2,1-3H3,(H,37,39)/t30-,31-/m0/s1. The fraction of sp³-hybridized carbons (Fsp3) is 0.406. The van der Waals surface area contributed by atoms with Gasteiger partial charge in [-0.15, -0.1) is 0 Å². The zero-order valence-corrected chi connectivity index (χ0v) is 23.2. The molecule has 3 rings (SSSR count). The van der Waals surface area contributed by atoms with Crippen molar-refractivity contribution in [1.82, 2.24) is 16.0 Å². The first-order valence-electron chi connectivity index (χ1n) is 13.8. The number of benzene rings is 3. The van der Waals surface area contributed by atoms with E-state index in [1.165, 1.54) is 17.7 Å². The molecular formula is C32H41F2N3O2. The topological polar surface area (TPSA) is 73.4 Å². The predicted molar refractivity (Wildman–Crippen MR) is 153 cm³/mol. The third-order valence-corrected chi connectivity index (χ3v) is 6.68. The zero-order chi connectivity index (χ0) is 28.2. The van der Waals surface area contributed by atoms with E-state index < -0.39 is 23.8 Å². The summed E-state index contributed by atoms with van der Waals surface area (Å²) >= 11 is 0. The number of nitrogens with one attached hydrogen (secondary N) is 3. The van der Waals surface area contributed by atoms with Crippen molar-refractivity contribution in [3.8, 4) is 0 Å². The van der Waals surface area contributed by atoms with Crippen molar-refractivity contribution >= 4 is 5.91 Å². The van der Waals surface area contributed by atoms with Crippen LogP contribution in [-0.4, -0.2) is 36.2 Å². The largest absolute Gasteiger partial charge is 0.390 e. The van der Waals surface area contributed by atoms with Crippen LogP contribution in [0.3, 0.4) is 0 Å². The Balaban J connectivity index is 1.72. The minimum atomic E-state index is -0.991. The maximum atomic E-state index is 13.9. The van der Waals surface area contributed by atoms with Crippen molar-refractivity contribution in [2.75, 3.05) is 13.1 Å².